The Morgan fingerprint density at radius 2 is 1.25 bits per heavy atom. The Morgan fingerprint density at radius 1 is 0.786 bits per heavy atom. The summed E-state index contributed by atoms with van der Waals surface area (Å²) >= 11 is 0. The van der Waals surface area contributed by atoms with Crippen LogP contribution in [0.25, 0.3) is 0 Å². The second kappa shape index (κ2) is 16.4. The van der Waals surface area contributed by atoms with Crippen molar-refractivity contribution < 1.29 is 14.6 Å². The fourth-order valence-electron chi connectivity index (χ4n) is 3.67. The number of aromatic carboxylic acids is 1. The fraction of sp³-hybridized carbons (Fsp3) is 0.720. The monoisotopic (exact) mass is 390 g/mol. The molecule has 0 bridgehead atoms. The second-order valence-electron chi connectivity index (χ2n) is 8.01. The molecule has 0 amide bonds. The Kier molecular flexibility index (Phi) is 14.4. The van der Waals surface area contributed by atoms with Crippen LogP contribution in [0.2, 0.25) is 0 Å². The van der Waals surface area contributed by atoms with Gasteiger partial charge in [-0.2, -0.15) is 0 Å². The largest absolute Gasteiger partial charge is 0.490 e. The lowest BCUT2D eigenvalue weighted by Crippen LogP contribution is -2.18. The lowest BCUT2D eigenvalue weighted by atomic mass is 10.0. The molecule has 0 spiro atoms. The molecular formula is C25H42O3. The summed E-state index contributed by atoms with van der Waals surface area (Å²) in [5, 5.41) is 9.41. The van der Waals surface area contributed by atoms with Gasteiger partial charge < -0.3 is 9.84 Å². The predicted octanol–water partition coefficient (Wildman–Crippen LogP) is 8.02. The number of carbonyl (C=O) groups is 1. The van der Waals surface area contributed by atoms with E-state index in [4.69, 9.17) is 4.74 Å². The van der Waals surface area contributed by atoms with E-state index in [1.54, 1.807) is 18.2 Å². The third kappa shape index (κ3) is 11.4. The molecule has 1 aromatic rings. The highest BCUT2D eigenvalue weighted by Crippen LogP contribution is 2.24. The van der Waals surface area contributed by atoms with E-state index in [-0.39, 0.29) is 11.7 Å². The summed E-state index contributed by atoms with van der Waals surface area (Å²) in [6, 6.07) is 7.04. The molecule has 1 rings (SSSR count). The Balaban J connectivity index is 2.47. The van der Waals surface area contributed by atoms with Crippen LogP contribution in [0.4, 0.5) is 0 Å². The number of rotatable bonds is 18. The van der Waals surface area contributed by atoms with Crippen molar-refractivity contribution in [1.82, 2.24) is 0 Å². The van der Waals surface area contributed by atoms with E-state index in [1.807, 2.05) is 6.07 Å². The van der Waals surface area contributed by atoms with E-state index in [2.05, 4.69) is 13.8 Å². The van der Waals surface area contributed by atoms with Gasteiger partial charge in [-0.3, -0.25) is 0 Å². The van der Waals surface area contributed by atoms with Gasteiger partial charge in [0, 0.05) is 0 Å². The average Bonchev–Trinajstić information content (AvgIpc) is 2.69. The van der Waals surface area contributed by atoms with Crippen LogP contribution < -0.4 is 4.74 Å². The van der Waals surface area contributed by atoms with Crippen LogP contribution >= 0.6 is 0 Å². The summed E-state index contributed by atoms with van der Waals surface area (Å²) in [6.45, 7) is 4.49. The quantitative estimate of drug-likeness (QED) is 0.258. The smallest absolute Gasteiger partial charge is 0.339 e. The molecule has 0 saturated heterocycles. The molecule has 28 heavy (non-hydrogen) atoms. The summed E-state index contributed by atoms with van der Waals surface area (Å²) in [7, 11) is 0. The zero-order valence-electron chi connectivity index (χ0n) is 18.3. The van der Waals surface area contributed by atoms with E-state index in [1.165, 1.54) is 83.5 Å². The summed E-state index contributed by atoms with van der Waals surface area (Å²) in [4.78, 5) is 11.5. The number of para-hydroxylation sites is 1. The van der Waals surface area contributed by atoms with Gasteiger partial charge in [0.2, 0.25) is 0 Å². The summed E-state index contributed by atoms with van der Waals surface area (Å²) < 4.78 is 6.20. The molecule has 1 atom stereocenters. The van der Waals surface area contributed by atoms with E-state index in [0.717, 1.165) is 12.8 Å². The van der Waals surface area contributed by atoms with E-state index in [0.29, 0.717) is 5.75 Å². The molecule has 0 saturated carbocycles. The maximum atomic E-state index is 11.5. The molecule has 0 aliphatic rings. The lowest BCUT2D eigenvalue weighted by Gasteiger charge is -2.20. The molecular weight excluding hydrogens is 348 g/mol. The highest BCUT2D eigenvalue weighted by Gasteiger charge is 2.16. The van der Waals surface area contributed by atoms with Crippen molar-refractivity contribution in [2.75, 3.05) is 0 Å². The summed E-state index contributed by atoms with van der Waals surface area (Å²) in [6.07, 6.45) is 18.8. The molecule has 1 aromatic carbocycles. The van der Waals surface area contributed by atoms with Crippen molar-refractivity contribution in [2.24, 2.45) is 0 Å². The third-order valence-electron chi connectivity index (χ3n) is 5.42. The van der Waals surface area contributed by atoms with Gasteiger partial charge in [-0.05, 0) is 37.8 Å². The molecule has 0 fully saturated rings. The zero-order valence-corrected chi connectivity index (χ0v) is 18.3. The summed E-state index contributed by atoms with van der Waals surface area (Å²) in [5.41, 5.74) is 0.273. The zero-order chi connectivity index (χ0) is 20.5. The van der Waals surface area contributed by atoms with Crippen molar-refractivity contribution >= 4 is 5.97 Å². The molecule has 3 heteroatoms. The van der Waals surface area contributed by atoms with Gasteiger partial charge in [-0.15, -0.1) is 0 Å². The van der Waals surface area contributed by atoms with Crippen LogP contribution in [0.5, 0.6) is 5.75 Å². The van der Waals surface area contributed by atoms with Gasteiger partial charge in [0.15, 0.2) is 0 Å². The van der Waals surface area contributed by atoms with E-state index < -0.39 is 5.97 Å². The predicted molar refractivity (Wildman–Crippen MR) is 118 cm³/mol. The van der Waals surface area contributed by atoms with E-state index in [9.17, 15) is 9.90 Å². The van der Waals surface area contributed by atoms with Crippen LogP contribution in [0, 0.1) is 0 Å². The lowest BCUT2D eigenvalue weighted by molar-refractivity contribution is 0.0687. The number of hydrogen-bond donors (Lipinski definition) is 1. The van der Waals surface area contributed by atoms with E-state index >= 15 is 0 Å². The Morgan fingerprint density at radius 3 is 1.75 bits per heavy atom. The first-order valence-electron chi connectivity index (χ1n) is 11.7. The van der Waals surface area contributed by atoms with Crippen molar-refractivity contribution in [2.45, 2.75) is 116 Å². The van der Waals surface area contributed by atoms with Gasteiger partial charge in [0.1, 0.15) is 11.3 Å². The fourth-order valence-corrected chi connectivity index (χ4v) is 3.67. The minimum Gasteiger partial charge on any atom is -0.490 e. The van der Waals surface area contributed by atoms with Crippen LogP contribution in [0.1, 0.15) is 121 Å². The van der Waals surface area contributed by atoms with Gasteiger partial charge in [0.05, 0.1) is 6.10 Å². The number of carboxylic acids is 1. The topological polar surface area (TPSA) is 46.5 Å². The van der Waals surface area contributed by atoms with Gasteiger partial charge in [0.25, 0.3) is 0 Å². The first kappa shape index (κ1) is 24.5. The first-order chi connectivity index (χ1) is 13.7. The summed E-state index contributed by atoms with van der Waals surface area (Å²) in [5.74, 6) is -0.390. The maximum Gasteiger partial charge on any atom is 0.339 e. The van der Waals surface area contributed by atoms with Crippen LogP contribution in [0.15, 0.2) is 24.3 Å². The molecule has 0 aliphatic carbocycles. The van der Waals surface area contributed by atoms with Crippen molar-refractivity contribution in [1.29, 1.82) is 0 Å². The molecule has 1 unspecified atom stereocenters. The number of benzene rings is 1. The Labute approximate surface area is 172 Å². The van der Waals surface area contributed by atoms with Crippen molar-refractivity contribution in [3.8, 4) is 5.75 Å². The minimum atomic E-state index is -0.912. The van der Waals surface area contributed by atoms with Crippen LogP contribution in [-0.4, -0.2) is 17.2 Å². The molecule has 160 valence electrons. The van der Waals surface area contributed by atoms with Crippen molar-refractivity contribution in [3.63, 3.8) is 0 Å². The minimum absolute atomic E-state index is 0.127. The van der Waals surface area contributed by atoms with Gasteiger partial charge >= 0.3 is 5.97 Å². The highest BCUT2D eigenvalue weighted by atomic mass is 16.5. The van der Waals surface area contributed by atoms with Crippen LogP contribution in [-0.2, 0) is 0 Å². The number of unbranched alkanes of at least 4 members (excludes halogenated alkanes) is 11. The number of hydrogen-bond acceptors (Lipinski definition) is 2. The van der Waals surface area contributed by atoms with Crippen molar-refractivity contribution in [3.05, 3.63) is 29.8 Å². The third-order valence-corrected chi connectivity index (χ3v) is 5.42. The average molecular weight is 391 g/mol. The Hall–Kier alpha value is -1.51. The maximum absolute atomic E-state index is 11.5. The van der Waals surface area contributed by atoms with Crippen LogP contribution in [0.3, 0.4) is 0 Å². The number of ether oxygens (including phenoxy) is 1. The molecule has 3 nitrogen and oxygen atoms in total. The molecule has 0 heterocycles. The highest BCUT2D eigenvalue weighted by molar-refractivity contribution is 5.90. The van der Waals surface area contributed by atoms with Gasteiger partial charge in [-0.1, -0.05) is 96.6 Å². The first-order valence-corrected chi connectivity index (χ1v) is 11.7. The molecule has 0 aliphatic heterocycles. The number of carboxylic acid groups (broad SMARTS) is 1. The standard InChI is InChI=1S/C25H42O3/c1-3-5-7-9-11-13-15-19-22(18-14-12-10-8-6-4-2)28-24-21-17-16-20-23(24)25(26)27/h16-17,20-22H,3-15,18-19H2,1-2H3,(H,26,27). The second-order valence-corrected chi connectivity index (χ2v) is 8.01. The Bertz CT molecular complexity index is 512. The normalized spacial score (nSPS) is 12.1. The van der Waals surface area contributed by atoms with Gasteiger partial charge in [-0.25, -0.2) is 4.79 Å². The molecule has 0 radical (unpaired) electrons. The molecule has 0 aromatic heterocycles. The SMILES string of the molecule is CCCCCCCCCC(CCCCCCCC)Oc1ccccc1C(=O)O. The molecule has 1 N–H and O–H groups in total.